The van der Waals surface area contributed by atoms with Crippen molar-refractivity contribution in [3.63, 3.8) is 0 Å². The van der Waals surface area contributed by atoms with E-state index in [1.54, 1.807) is 14.0 Å². The highest BCUT2D eigenvalue weighted by atomic mass is 16.5. The van der Waals surface area contributed by atoms with Gasteiger partial charge in [-0.3, -0.25) is 4.79 Å². The zero-order valence-electron chi connectivity index (χ0n) is 10.5. The molecule has 1 aromatic carbocycles. The predicted octanol–water partition coefficient (Wildman–Crippen LogP) is 1.91. The van der Waals surface area contributed by atoms with Gasteiger partial charge in [0.15, 0.2) is 0 Å². The van der Waals surface area contributed by atoms with Gasteiger partial charge in [-0.1, -0.05) is 12.1 Å². The lowest BCUT2D eigenvalue weighted by Crippen LogP contribution is -2.27. The molecule has 4 heteroatoms. The third-order valence-electron chi connectivity index (χ3n) is 2.45. The Morgan fingerprint density at radius 2 is 2.24 bits per heavy atom. The summed E-state index contributed by atoms with van der Waals surface area (Å²) in [6.07, 6.45) is 0. The molecule has 0 bridgehead atoms. The van der Waals surface area contributed by atoms with E-state index in [9.17, 15) is 4.79 Å². The van der Waals surface area contributed by atoms with Crippen molar-refractivity contribution in [2.75, 3.05) is 20.3 Å². The molecule has 1 atom stereocenters. The summed E-state index contributed by atoms with van der Waals surface area (Å²) in [7, 11) is 1.63. The minimum absolute atomic E-state index is 0.0782. The van der Waals surface area contributed by atoms with Crippen molar-refractivity contribution in [3.05, 3.63) is 29.8 Å². The molecule has 94 valence electrons. The number of benzene rings is 1. The molecule has 1 unspecified atom stereocenters. The highest BCUT2D eigenvalue weighted by molar-refractivity contribution is 5.71. The molecule has 0 aliphatic carbocycles. The number of rotatable bonds is 6. The van der Waals surface area contributed by atoms with E-state index in [0.717, 1.165) is 11.3 Å². The van der Waals surface area contributed by atoms with Gasteiger partial charge in [0, 0.05) is 6.04 Å². The molecule has 17 heavy (non-hydrogen) atoms. The summed E-state index contributed by atoms with van der Waals surface area (Å²) < 4.78 is 10.00. The van der Waals surface area contributed by atoms with Crippen molar-refractivity contribution in [1.82, 2.24) is 5.32 Å². The zero-order chi connectivity index (χ0) is 12.7. The summed E-state index contributed by atoms with van der Waals surface area (Å²) in [5.41, 5.74) is 1.08. The molecule has 0 aromatic heterocycles. The van der Waals surface area contributed by atoms with Gasteiger partial charge < -0.3 is 14.8 Å². The monoisotopic (exact) mass is 237 g/mol. The van der Waals surface area contributed by atoms with Crippen LogP contribution >= 0.6 is 0 Å². The fourth-order valence-corrected chi connectivity index (χ4v) is 1.48. The smallest absolute Gasteiger partial charge is 0.319 e. The van der Waals surface area contributed by atoms with Gasteiger partial charge in [-0.05, 0) is 31.5 Å². The first kappa shape index (κ1) is 13.5. The molecule has 4 nitrogen and oxygen atoms in total. The number of hydrogen-bond donors (Lipinski definition) is 1. The van der Waals surface area contributed by atoms with Crippen LogP contribution in [0.1, 0.15) is 25.5 Å². The Balaban J connectivity index is 2.51. The average Bonchev–Trinajstić information content (AvgIpc) is 2.36. The van der Waals surface area contributed by atoms with Crippen LogP contribution in [0.5, 0.6) is 5.75 Å². The third-order valence-corrected chi connectivity index (χ3v) is 2.45. The second kappa shape index (κ2) is 6.91. The van der Waals surface area contributed by atoms with E-state index in [-0.39, 0.29) is 18.6 Å². The number of nitrogens with one attached hydrogen (secondary N) is 1. The van der Waals surface area contributed by atoms with Crippen LogP contribution in [-0.2, 0) is 9.53 Å². The van der Waals surface area contributed by atoms with Gasteiger partial charge in [0.1, 0.15) is 5.75 Å². The second-order valence-electron chi connectivity index (χ2n) is 3.68. The van der Waals surface area contributed by atoms with Crippen molar-refractivity contribution in [2.45, 2.75) is 19.9 Å². The zero-order valence-corrected chi connectivity index (χ0v) is 10.5. The van der Waals surface area contributed by atoms with Gasteiger partial charge >= 0.3 is 5.97 Å². The van der Waals surface area contributed by atoms with E-state index in [1.165, 1.54) is 0 Å². The first-order valence-corrected chi connectivity index (χ1v) is 5.70. The average molecular weight is 237 g/mol. The Morgan fingerprint density at radius 3 is 2.88 bits per heavy atom. The molecule has 0 saturated heterocycles. The molecule has 0 saturated carbocycles. The Morgan fingerprint density at radius 1 is 1.47 bits per heavy atom. The van der Waals surface area contributed by atoms with Crippen LogP contribution in [0.2, 0.25) is 0 Å². The lowest BCUT2D eigenvalue weighted by molar-refractivity contribution is -0.142. The predicted molar refractivity (Wildman–Crippen MR) is 66.0 cm³/mol. The molecule has 1 rings (SSSR count). The Hall–Kier alpha value is -1.55. The molecule has 0 heterocycles. The molecule has 0 aliphatic rings. The first-order chi connectivity index (χ1) is 8.17. The molecular formula is C13H19NO3. The Bertz CT molecular complexity index is 365. The van der Waals surface area contributed by atoms with Gasteiger partial charge in [-0.15, -0.1) is 0 Å². The van der Waals surface area contributed by atoms with Crippen LogP contribution in [0.4, 0.5) is 0 Å². The van der Waals surface area contributed by atoms with Gasteiger partial charge in [-0.25, -0.2) is 0 Å². The highest BCUT2D eigenvalue weighted by Crippen LogP contribution is 2.18. The Labute approximate surface area is 102 Å². The molecular weight excluding hydrogens is 218 g/mol. The normalized spacial score (nSPS) is 11.9. The van der Waals surface area contributed by atoms with Crippen LogP contribution in [0.3, 0.4) is 0 Å². The minimum atomic E-state index is -0.234. The summed E-state index contributed by atoms with van der Waals surface area (Å²) in [5, 5.41) is 3.10. The molecule has 1 aromatic rings. The maximum atomic E-state index is 11.2. The molecule has 0 amide bonds. The molecule has 0 aliphatic heterocycles. The summed E-state index contributed by atoms with van der Waals surface area (Å²) >= 11 is 0. The third kappa shape index (κ3) is 4.44. The Kier molecular flexibility index (Phi) is 5.49. The van der Waals surface area contributed by atoms with Crippen LogP contribution in [0, 0.1) is 0 Å². The maximum Gasteiger partial charge on any atom is 0.319 e. The van der Waals surface area contributed by atoms with Crippen molar-refractivity contribution >= 4 is 5.97 Å². The van der Waals surface area contributed by atoms with Crippen LogP contribution in [-0.4, -0.2) is 26.2 Å². The van der Waals surface area contributed by atoms with E-state index in [0.29, 0.717) is 6.61 Å². The van der Waals surface area contributed by atoms with Gasteiger partial charge in [0.25, 0.3) is 0 Å². The van der Waals surface area contributed by atoms with Gasteiger partial charge in [0.2, 0.25) is 0 Å². The van der Waals surface area contributed by atoms with Crippen LogP contribution < -0.4 is 10.1 Å². The fraction of sp³-hybridized carbons (Fsp3) is 0.462. The number of hydrogen-bond acceptors (Lipinski definition) is 4. The number of esters is 1. The number of carbonyl (C=O) groups excluding carboxylic acids is 1. The summed E-state index contributed by atoms with van der Waals surface area (Å²) in [6.45, 7) is 4.41. The summed E-state index contributed by atoms with van der Waals surface area (Å²) in [6, 6.07) is 7.83. The molecule has 0 spiro atoms. The standard InChI is InChI=1S/C13H19NO3/c1-4-17-13(15)9-14-10(2)11-6-5-7-12(8-11)16-3/h5-8,10,14H,4,9H2,1-3H3. The number of methoxy groups -OCH3 is 1. The van der Waals surface area contributed by atoms with E-state index in [1.807, 2.05) is 31.2 Å². The fourth-order valence-electron chi connectivity index (χ4n) is 1.48. The summed E-state index contributed by atoms with van der Waals surface area (Å²) in [4.78, 5) is 11.2. The van der Waals surface area contributed by atoms with Crippen molar-refractivity contribution < 1.29 is 14.3 Å². The number of carbonyl (C=O) groups is 1. The van der Waals surface area contributed by atoms with E-state index in [2.05, 4.69) is 5.32 Å². The highest BCUT2D eigenvalue weighted by Gasteiger charge is 2.08. The van der Waals surface area contributed by atoms with E-state index < -0.39 is 0 Å². The van der Waals surface area contributed by atoms with Crippen LogP contribution in [0.15, 0.2) is 24.3 Å². The van der Waals surface area contributed by atoms with E-state index in [4.69, 9.17) is 9.47 Å². The second-order valence-corrected chi connectivity index (χ2v) is 3.68. The SMILES string of the molecule is CCOC(=O)CNC(C)c1cccc(OC)c1. The molecule has 1 N–H and O–H groups in total. The van der Waals surface area contributed by atoms with E-state index >= 15 is 0 Å². The van der Waals surface area contributed by atoms with Crippen molar-refractivity contribution in [2.24, 2.45) is 0 Å². The quantitative estimate of drug-likeness (QED) is 0.768. The molecule has 0 fully saturated rings. The van der Waals surface area contributed by atoms with Crippen molar-refractivity contribution in [1.29, 1.82) is 0 Å². The molecule has 0 radical (unpaired) electrons. The largest absolute Gasteiger partial charge is 0.497 e. The van der Waals surface area contributed by atoms with Crippen LogP contribution in [0.25, 0.3) is 0 Å². The first-order valence-electron chi connectivity index (χ1n) is 5.70. The summed E-state index contributed by atoms with van der Waals surface area (Å²) in [5.74, 6) is 0.578. The topological polar surface area (TPSA) is 47.6 Å². The van der Waals surface area contributed by atoms with Gasteiger partial charge in [0.05, 0.1) is 20.3 Å². The maximum absolute atomic E-state index is 11.2. The van der Waals surface area contributed by atoms with Crippen molar-refractivity contribution in [3.8, 4) is 5.75 Å². The number of ether oxygens (including phenoxy) is 2. The lowest BCUT2D eigenvalue weighted by Gasteiger charge is -2.14. The lowest BCUT2D eigenvalue weighted by atomic mass is 10.1. The van der Waals surface area contributed by atoms with Gasteiger partial charge in [-0.2, -0.15) is 0 Å². The minimum Gasteiger partial charge on any atom is -0.497 e.